The van der Waals surface area contributed by atoms with E-state index in [2.05, 4.69) is 15.0 Å². The van der Waals surface area contributed by atoms with Crippen molar-refractivity contribution in [2.45, 2.75) is 26.4 Å². The second-order valence-corrected chi connectivity index (χ2v) is 7.35. The van der Waals surface area contributed by atoms with Crippen LogP contribution in [0.5, 0.6) is 0 Å². The fraction of sp³-hybridized carbons (Fsp3) is 0.500. The fourth-order valence-corrected chi connectivity index (χ4v) is 3.82. The fourth-order valence-electron chi connectivity index (χ4n) is 2.48. The molecule has 0 saturated heterocycles. The molecule has 0 aromatic carbocycles. The van der Waals surface area contributed by atoms with Crippen molar-refractivity contribution in [1.29, 1.82) is 0 Å². The standard InChI is InChI=1S/C14H18F2N5O5P/c1-3-24-27(22,25-4-2)7-23-9-5-8(15)13(26-9)21-6-18-10-11(17)19-14(16)20-12(10)21/h5-6,9,13H,3-4,7H2,1-2H3,(H2,17,19,20). The maximum Gasteiger partial charge on any atom is 0.356 e. The molecule has 0 amide bonds. The van der Waals surface area contributed by atoms with Crippen LogP contribution in [0, 0.1) is 6.08 Å². The van der Waals surface area contributed by atoms with Crippen molar-refractivity contribution in [1.82, 2.24) is 19.5 Å². The third-order valence-corrected chi connectivity index (χ3v) is 5.28. The van der Waals surface area contributed by atoms with Crippen molar-refractivity contribution in [3.63, 3.8) is 0 Å². The van der Waals surface area contributed by atoms with Crippen molar-refractivity contribution in [3.8, 4) is 0 Å². The third kappa shape index (κ3) is 4.14. The monoisotopic (exact) mass is 405 g/mol. The molecule has 2 aromatic heterocycles. The van der Waals surface area contributed by atoms with Crippen LogP contribution in [0.1, 0.15) is 20.1 Å². The van der Waals surface area contributed by atoms with Crippen LogP contribution in [-0.4, -0.2) is 45.4 Å². The highest BCUT2D eigenvalue weighted by atomic mass is 31.2. The Labute approximate surface area is 152 Å². The van der Waals surface area contributed by atoms with Crippen LogP contribution in [-0.2, 0) is 23.1 Å². The Morgan fingerprint density at radius 3 is 2.67 bits per heavy atom. The number of halogens is 2. The Bertz CT molecular complexity index is 897. The van der Waals surface area contributed by atoms with E-state index in [9.17, 15) is 13.3 Å². The first-order valence-electron chi connectivity index (χ1n) is 8.04. The average molecular weight is 405 g/mol. The molecule has 2 aromatic rings. The number of hydrogen-bond acceptors (Lipinski definition) is 9. The molecule has 0 spiro atoms. The van der Waals surface area contributed by atoms with Crippen molar-refractivity contribution in [2.24, 2.45) is 0 Å². The van der Waals surface area contributed by atoms with E-state index < -0.39 is 38.4 Å². The Morgan fingerprint density at radius 2 is 2.00 bits per heavy atom. The van der Waals surface area contributed by atoms with Gasteiger partial charge in [-0.25, -0.2) is 9.37 Å². The van der Waals surface area contributed by atoms with E-state index >= 15 is 0 Å². The van der Waals surface area contributed by atoms with Crippen molar-refractivity contribution in [2.75, 3.05) is 25.3 Å². The Kier molecular flexibility index (Phi) is 5.82. The van der Waals surface area contributed by atoms with Crippen molar-refractivity contribution in [3.05, 3.63) is 24.3 Å². The zero-order valence-electron chi connectivity index (χ0n) is 14.5. The molecule has 1 aliphatic rings. The lowest BCUT2D eigenvalue weighted by Gasteiger charge is -2.20. The summed E-state index contributed by atoms with van der Waals surface area (Å²) in [5.74, 6) is -0.902. The van der Waals surface area contributed by atoms with Gasteiger partial charge in [0.05, 0.1) is 19.5 Å². The Morgan fingerprint density at radius 1 is 1.30 bits per heavy atom. The highest BCUT2D eigenvalue weighted by molar-refractivity contribution is 7.53. The molecule has 27 heavy (non-hydrogen) atoms. The summed E-state index contributed by atoms with van der Waals surface area (Å²) in [5.41, 5.74) is 5.65. The number of hydrogen-bond donors (Lipinski definition) is 1. The number of aromatic nitrogens is 4. The van der Waals surface area contributed by atoms with Gasteiger partial charge in [0.25, 0.3) is 0 Å². The summed E-state index contributed by atoms with van der Waals surface area (Å²) in [6.45, 7) is 3.63. The topological polar surface area (TPSA) is 124 Å². The summed E-state index contributed by atoms with van der Waals surface area (Å²) in [7, 11) is -3.48. The van der Waals surface area contributed by atoms with E-state index in [1.807, 2.05) is 0 Å². The van der Waals surface area contributed by atoms with Gasteiger partial charge >= 0.3 is 13.7 Å². The Hall–Kier alpha value is -1.98. The minimum atomic E-state index is -3.48. The van der Waals surface area contributed by atoms with Crippen LogP contribution >= 0.6 is 7.60 Å². The van der Waals surface area contributed by atoms with Crippen LogP contribution in [0.15, 0.2) is 18.2 Å². The highest BCUT2D eigenvalue weighted by Gasteiger charge is 2.34. The molecular formula is C14H18F2N5O5P. The van der Waals surface area contributed by atoms with Gasteiger partial charge in [-0.15, -0.1) is 0 Å². The predicted octanol–water partition coefficient (Wildman–Crippen LogP) is 2.50. The van der Waals surface area contributed by atoms with Gasteiger partial charge in [-0.3, -0.25) is 9.13 Å². The first kappa shape index (κ1) is 19.8. The van der Waals surface area contributed by atoms with E-state index in [-0.39, 0.29) is 30.2 Å². The molecule has 148 valence electrons. The summed E-state index contributed by atoms with van der Waals surface area (Å²) in [4.78, 5) is 10.9. The van der Waals surface area contributed by atoms with Crippen molar-refractivity contribution < 1.29 is 31.9 Å². The second kappa shape index (κ2) is 7.95. The van der Waals surface area contributed by atoms with Gasteiger partial charge < -0.3 is 24.3 Å². The van der Waals surface area contributed by atoms with E-state index in [4.69, 9.17) is 24.3 Å². The number of nitrogens with two attached hydrogens (primary N) is 1. The number of nitrogens with zero attached hydrogens (tertiary/aromatic N) is 4. The number of imidazole rings is 1. The molecule has 3 heterocycles. The molecule has 0 bridgehead atoms. The molecule has 10 nitrogen and oxygen atoms in total. The SMILES string of the molecule is CCOP(=O)(COC1C=C(F)C(n2cnc3c(N)nc(F)nc32)O1)OCC. The summed E-state index contributed by atoms with van der Waals surface area (Å²) >= 11 is 0. The molecular weight excluding hydrogens is 387 g/mol. The minimum Gasteiger partial charge on any atom is -0.382 e. The van der Waals surface area contributed by atoms with E-state index in [1.165, 1.54) is 6.33 Å². The summed E-state index contributed by atoms with van der Waals surface area (Å²) in [6.07, 6.45) is -1.73. The van der Waals surface area contributed by atoms with Crippen LogP contribution < -0.4 is 5.73 Å². The number of ether oxygens (including phenoxy) is 2. The predicted molar refractivity (Wildman–Crippen MR) is 89.6 cm³/mol. The summed E-state index contributed by atoms with van der Waals surface area (Å²) < 4.78 is 62.3. The minimum absolute atomic E-state index is 0.0384. The van der Waals surface area contributed by atoms with E-state index in [0.29, 0.717) is 0 Å². The zero-order valence-corrected chi connectivity index (χ0v) is 15.4. The third-order valence-electron chi connectivity index (χ3n) is 3.52. The van der Waals surface area contributed by atoms with Gasteiger partial charge in [0.2, 0.25) is 0 Å². The lowest BCUT2D eigenvalue weighted by molar-refractivity contribution is -0.130. The van der Waals surface area contributed by atoms with Gasteiger partial charge in [0.15, 0.2) is 41.7 Å². The molecule has 1 aliphatic heterocycles. The highest BCUT2D eigenvalue weighted by Crippen LogP contribution is 2.48. The van der Waals surface area contributed by atoms with Gasteiger partial charge in [0.1, 0.15) is 0 Å². The van der Waals surface area contributed by atoms with Crippen molar-refractivity contribution >= 4 is 24.6 Å². The molecule has 0 radical (unpaired) electrons. The average Bonchev–Trinajstić information content (AvgIpc) is 3.17. The van der Waals surface area contributed by atoms with Crippen LogP contribution in [0.4, 0.5) is 14.6 Å². The van der Waals surface area contributed by atoms with Gasteiger partial charge in [-0.2, -0.15) is 14.4 Å². The molecule has 0 aliphatic carbocycles. The number of nitrogen functional groups attached to an aromatic ring is 1. The molecule has 2 N–H and O–H groups in total. The number of rotatable bonds is 8. The second-order valence-electron chi connectivity index (χ2n) is 5.35. The smallest absolute Gasteiger partial charge is 0.356 e. The maximum absolute atomic E-state index is 14.4. The Balaban J connectivity index is 1.75. The normalized spacial score (nSPS) is 20.4. The maximum atomic E-state index is 14.4. The summed E-state index contributed by atoms with van der Waals surface area (Å²) in [5, 5.41) is 0. The van der Waals surface area contributed by atoms with Crippen LogP contribution in [0.3, 0.4) is 0 Å². The molecule has 0 saturated carbocycles. The first-order valence-corrected chi connectivity index (χ1v) is 9.77. The lowest BCUT2D eigenvalue weighted by atomic mass is 10.4. The van der Waals surface area contributed by atoms with E-state index in [0.717, 1.165) is 10.6 Å². The van der Waals surface area contributed by atoms with Crippen LogP contribution in [0.25, 0.3) is 11.2 Å². The van der Waals surface area contributed by atoms with Gasteiger partial charge in [-0.1, -0.05) is 0 Å². The molecule has 2 atom stereocenters. The van der Waals surface area contributed by atoms with Gasteiger partial charge in [-0.05, 0) is 13.8 Å². The number of anilines is 1. The van der Waals surface area contributed by atoms with Crippen LogP contribution in [0.2, 0.25) is 0 Å². The molecule has 0 fully saturated rings. The first-order chi connectivity index (χ1) is 12.9. The zero-order chi connectivity index (χ0) is 19.6. The summed E-state index contributed by atoms with van der Waals surface area (Å²) in [6, 6.07) is 0. The molecule has 3 rings (SSSR count). The molecule has 2 unspecified atom stereocenters. The lowest BCUT2D eigenvalue weighted by Crippen LogP contribution is -2.17. The largest absolute Gasteiger partial charge is 0.382 e. The quantitative estimate of drug-likeness (QED) is 0.521. The molecule has 13 heteroatoms. The number of fused-ring (bicyclic) bond motifs is 1. The van der Waals surface area contributed by atoms with E-state index in [1.54, 1.807) is 13.8 Å². The van der Waals surface area contributed by atoms with Gasteiger partial charge in [0, 0.05) is 6.08 Å².